The SMILES string of the molecule is Cc1cc(-c2ccccc2-c2ccccc2)n[nH]1. The summed E-state index contributed by atoms with van der Waals surface area (Å²) in [7, 11) is 0. The molecule has 0 amide bonds. The molecule has 0 saturated heterocycles. The van der Waals surface area contributed by atoms with Crippen LogP contribution >= 0.6 is 0 Å². The number of nitrogens with one attached hydrogen (secondary N) is 1. The first kappa shape index (κ1) is 10.8. The molecule has 2 aromatic carbocycles. The molecule has 0 bridgehead atoms. The van der Waals surface area contributed by atoms with Gasteiger partial charge in [-0.05, 0) is 24.1 Å². The summed E-state index contributed by atoms with van der Waals surface area (Å²) in [6, 6.07) is 20.8. The van der Waals surface area contributed by atoms with Crippen molar-refractivity contribution in [3.8, 4) is 22.4 Å². The van der Waals surface area contributed by atoms with Crippen LogP contribution in [0, 0.1) is 6.92 Å². The van der Waals surface area contributed by atoms with Gasteiger partial charge in [0.25, 0.3) is 0 Å². The van der Waals surface area contributed by atoms with Gasteiger partial charge in [-0.15, -0.1) is 0 Å². The largest absolute Gasteiger partial charge is 0.282 e. The number of aromatic amines is 1. The van der Waals surface area contributed by atoms with Crippen LogP contribution < -0.4 is 0 Å². The van der Waals surface area contributed by atoms with E-state index in [9.17, 15) is 0 Å². The Morgan fingerprint density at radius 1 is 0.833 bits per heavy atom. The fourth-order valence-corrected chi connectivity index (χ4v) is 2.13. The summed E-state index contributed by atoms with van der Waals surface area (Å²) in [5.74, 6) is 0. The fourth-order valence-electron chi connectivity index (χ4n) is 2.13. The molecule has 1 aromatic heterocycles. The molecule has 1 heterocycles. The third-order valence-electron chi connectivity index (χ3n) is 2.99. The third kappa shape index (κ3) is 1.93. The molecule has 0 aliphatic rings. The average molecular weight is 234 g/mol. The van der Waals surface area contributed by atoms with Crippen molar-refractivity contribution in [2.45, 2.75) is 6.92 Å². The molecule has 3 rings (SSSR count). The van der Waals surface area contributed by atoms with Gasteiger partial charge in [0.15, 0.2) is 0 Å². The molecule has 0 aliphatic heterocycles. The highest BCUT2D eigenvalue weighted by Crippen LogP contribution is 2.30. The number of rotatable bonds is 2. The molecular formula is C16H14N2. The fraction of sp³-hybridized carbons (Fsp3) is 0.0625. The molecule has 0 spiro atoms. The van der Waals surface area contributed by atoms with Crippen LogP contribution in [0.25, 0.3) is 22.4 Å². The van der Waals surface area contributed by atoms with Crippen LogP contribution in [0.2, 0.25) is 0 Å². The van der Waals surface area contributed by atoms with Crippen molar-refractivity contribution in [3.63, 3.8) is 0 Å². The van der Waals surface area contributed by atoms with E-state index in [4.69, 9.17) is 0 Å². The van der Waals surface area contributed by atoms with E-state index in [0.29, 0.717) is 0 Å². The summed E-state index contributed by atoms with van der Waals surface area (Å²) in [5, 5.41) is 7.34. The lowest BCUT2D eigenvalue weighted by Crippen LogP contribution is -1.84. The zero-order chi connectivity index (χ0) is 12.4. The number of nitrogens with zero attached hydrogens (tertiary/aromatic N) is 1. The average Bonchev–Trinajstić information content (AvgIpc) is 2.86. The Morgan fingerprint density at radius 2 is 1.50 bits per heavy atom. The van der Waals surface area contributed by atoms with Crippen molar-refractivity contribution in [1.29, 1.82) is 0 Å². The summed E-state index contributed by atoms with van der Waals surface area (Å²) in [6.07, 6.45) is 0. The van der Waals surface area contributed by atoms with E-state index in [1.807, 2.05) is 19.1 Å². The molecular weight excluding hydrogens is 220 g/mol. The molecule has 88 valence electrons. The zero-order valence-electron chi connectivity index (χ0n) is 10.2. The molecule has 1 N–H and O–H groups in total. The molecule has 0 fully saturated rings. The molecule has 2 nitrogen and oxygen atoms in total. The smallest absolute Gasteiger partial charge is 0.0929 e. The number of aryl methyl sites for hydroxylation is 1. The van der Waals surface area contributed by atoms with E-state index in [0.717, 1.165) is 17.0 Å². The number of hydrogen-bond acceptors (Lipinski definition) is 1. The Kier molecular flexibility index (Phi) is 2.69. The normalized spacial score (nSPS) is 10.5. The highest BCUT2D eigenvalue weighted by Gasteiger charge is 2.08. The molecule has 2 heteroatoms. The number of H-pyrrole nitrogens is 1. The van der Waals surface area contributed by atoms with Crippen molar-refractivity contribution in [1.82, 2.24) is 10.2 Å². The maximum Gasteiger partial charge on any atom is 0.0929 e. The Bertz CT molecular complexity index is 654. The molecule has 0 unspecified atom stereocenters. The Morgan fingerprint density at radius 3 is 2.17 bits per heavy atom. The van der Waals surface area contributed by atoms with Gasteiger partial charge in [0, 0.05) is 11.3 Å². The highest BCUT2D eigenvalue weighted by atomic mass is 15.1. The van der Waals surface area contributed by atoms with Crippen LogP contribution in [0.1, 0.15) is 5.69 Å². The van der Waals surface area contributed by atoms with Gasteiger partial charge in [0.05, 0.1) is 5.69 Å². The van der Waals surface area contributed by atoms with Gasteiger partial charge in [-0.25, -0.2) is 0 Å². The molecule has 0 aliphatic carbocycles. The lowest BCUT2D eigenvalue weighted by atomic mass is 9.98. The van der Waals surface area contributed by atoms with Gasteiger partial charge in [-0.2, -0.15) is 5.10 Å². The zero-order valence-corrected chi connectivity index (χ0v) is 10.2. The lowest BCUT2D eigenvalue weighted by Gasteiger charge is -2.07. The van der Waals surface area contributed by atoms with Gasteiger partial charge in [0.1, 0.15) is 0 Å². The predicted octanol–water partition coefficient (Wildman–Crippen LogP) is 4.05. The molecule has 0 radical (unpaired) electrons. The molecule has 18 heavy (non-hydrogen) atoms. The monoisotopic (exact) mass is 234 g/mol. The van der Waals surface area contributed by atoms with E-state index in [-0.39, 0.29) is 0 Å². The maximum atomic E-state index is 4.35. The number of hydrogen-bond donors (Lipinski definition) is 1. The van der Waals surface area contributed by atoms with Crippen LogP contribution in [0.15, 0.2) is 60.7 Å². The van der Waals surface area contributed by atoms with Crippen LogP contribution in [0.3, 0.4) is 0 Å². The maximum absolute atomic E-state index is 4.35. The Balaban J connectivity index is 2.17. The molecule has 0 atom stereocenters. The van der Waals surface area contributed by atoms with E-state index in [1.54, 1.807) is 0 Å². The first-order valence-electron chi connectivity index (χ1n) is 6.01. The van der Waals surface area contributed by atoms with Crippen LogP contribution in [-0.4, -0.2) is 10.2 Å². The van der Waals surface area contributed by atoms with Crippen LogP contribution in [0.4, 0.5) is 0 Å². The minimum Gasteiger partial charge on any atom is -0.282 e. The van der Waals surface area contributed by atoms with Gasteiger partial charge < -0.3 is 0 Å². The van der Waals surface area contributed by atoms with Crippen molar-refractivity contribution in [3.05, 3.63) is 66.4 Å². The van der Waals surface area contributed by atoms with Gasteiger partial charge >= 0.3 is 0 Å². The quantitative estimate of drug-likeness (QED) is 0.712. The minimum absolute atomic E-state index is 0.993. The lowest BCUT2D eigenvalue weighted by molar-refractivity contribution is 1.05. The van der Waals surface area contributed by atoms with Gasteiger partial charge in [-0.1, -0.05) is 54.6 Å². The first-order valence-corrected chi connectivity index (χ1v) is 6.01. The van der Waals surface area contributed by atoms with E-state index < -0.39 is 0 Å². The summed E-state index contributed by atoms with van der Waals surface area (Å²) in [4.78, 5) is 0. The van der Waals surface area contributed by atoms with Gasteiger partial charge in [-0.3, -0.25) is 5.10 Å². The van der Waals surface area contributed by atoms with E-state index in [2.05, 4.69) is 58.7 Å². The van der Waals surface area contributed by atoms with Crippen LogP contribution in [0.5, 0.6) is 0 Å². The summed E-state index contributed by atoms with van der Waals surface area (Å²) < 4.78 is 0. The topological polar surface area (TPSA) is 28.7 Å². The van der Waals surface area contributed by atoms with Crippen molar-refractivity contribution in [2.75, 3.05) is 0 Å². The van der Waals surface area contributed by atoms with Crippen molar-refractivity contribution < 1.29 is 0 Å². The number of benzene rings is 2. The molecule has 3 aromatic rings. The van der Waals surface area contributed by atoms with Crippen LogP contribution in [-0.2, 0) is 0 Å². The second-order valence-corrected chi connectivity index (χ2v) is 4.35. The predicted molar refractivity (Wildman–Crippen MR) is 74.2 cm³/mol. The summed E-state index contributed by atoms with van der Waals surface area (Å²) >= 11 is 0. The second-order valence-electron chi connectivity index (χ2n) is 4.35. The third-order valence-corrected chi connectivity index (χ3v) is 2.99. The van der Waals surface area contributed by atoms with Crippen molar-refractivity contribution in [2.24, 2.45) is 0 Å². The van der Waals surface area contributed by atoms with Crippen molar-refractivity contribution >= 4 is 0 Å². The minimum atomic E-state index is 0.993. The standard InChI is InChI=1S/C16H14N2/c1-12-11-16(18-17-12)15-10-6-5-9-14(15)13-7-3-2-4-8-13/h2-11H,1H3,(H,17,18). The second kappa shape index (κ2) is 4.49. The Labute approximate surface area is 106 Å². The van der Waals surface area contributed by atoms with E-state index >= 15 is 0 Å². The summed E-state index contributed by atoms with van der Waals surface area (Å²) in [5.41, 5.74) is 5.66. The Hall–Kier alpha value is -2.35. The van der Waals surface area contributed by atoms with E-state index in [1.165, 1.54) is 11.1 Å². The van der Waals surface area contributed by atoms with Gasteiger partial charge in [0.2, 0.25) is 0 Å². The summed E-state index contributed by atoms with van der Waals surface area (Å²) in [6.45, 7) is 2.02. The highest BCUT2D eigenvalue weighted by molar-refractivity contribution is 5.81. The first-order chi connectivity index (χ1) is 8.84. The molecule has 0 saturated carbocycles. The number of aromatic nitrogens is 2.